The van der Waals surface area contributed by atoms with Crippen LogP contribution < -0.4 is 5.32 Å². The van der Waals surface area contributed by atoms with E-state index in [2.05, 4.69) is 39.5 Å². The van der Waals surface area contributed by atoms with Gasteiger partial charge >= 0.3 is 0 Å². The van der Waals surface area contributed by atoms with E-state index in [1.54, 1.807) is 22.7 Å². The summed E-state index contributed by atoms with van der Waals surface area (Å²) >= 11 is 3.25. The lowest BCUT2D eigenvalue weighted by Crippen LogP contribution is -2.64. The fourth-order valence-corrected chi connectivity index (χ4v) is 7.05. The molecule has 4 fully saturated rings. The number of aromatic nitrogens is 1. The van der Waals surface area contributed by atoms with Crippen molar-refractivity contribution in [1.29, 1.82) is 0 Å². The van der Waals surface area contributed by atoms with Crippen LogP contribution in [0.3, 0.4) is 0 Å². The zero-order chi connectivity index (χ0) is 18.7. The van der Waals surface area contributed by atoms with Crippen molar-refractivity contribution in [3.05, 3.63) is 40.7 Å². The van der Waals surface area contributed by atoms with E-state index in [0.29, 0.717) is 18.0 Å². The van der Waals surface area contributed by atoms with E-state index in [0.717, 1.165) is 31.5 Å². The zero-order valence-electron chi connectivity index (χ0n) is 15.6. The lowest BCUT2D eigenvalue weighted by molar-refractivity contribution is 0.00352. The van der Waals surface area contributed by atoms with Crippen molar-refractivity contribution >= 4 is 38.7 Å². The Hall–Kier alpha value is -1.76. The number of amides is 1. The maximum absolute atomic E-state index is 13.2. The third-order valence-corrected chi connectivity index (χ3v) is 8.69. The Balaban J connectivity index is 1.30. The number of carbonyl (C=O) groups is 1. The number of carbonyl (C=O) groups excluding carboxylic acids is 1. The van der Waals surface area contributed by atoms with Gasteiger partial charge in [-0.1, -0.05) is 18.2 Å². The first-order chi connectivity index (χ1) is 13.8. The monoisotopic (exact) mass is 409 g/mol. The molecule has 1 amide bonds. The molecule has 5 heterocycles. The van der Waals surface area contributed by atoms with Crippen molar-refractivity contribution in [2.75, 3.05) is 13.1 Å². The molecular weight excluding hydrogens is 386 g/mol. The van der Waals surface area contributed by atoms with E-state index in [4.69, 9.17) is 0 Å². The average Bonchev–Trinajstić information content (AvgIpc) is 3.24. The second-order valence-corrected chi connectivity index (χ2v) is 10.3. The number of thiazole rings is 1. The minimum absolute atomic E-state index is 0.107. The van der Waals surface area contributed by atoms with Crippen LogP contribution in [0, 0.1) is 11.8 Å². The molecule has 2 atom stereocenters. The van der Waals surface area contributed by atoms with Crippen LogP contribution in [0.1, 0.15) is 35.4 Å². The van der Waals surface area contributed by atoms with E-state index in [1.807, 2.05) is 11.6 Å². The van der Waals surface area contributed by atoms with Crippen molar-refractivity contribution in [2.24, 2.45) is 11.8 Å². The van der Waals surface area contributed by atoms with Gasteiger partial charge in [0.05, 0.1) is 4.88 Å². The SMILES string of the molecule is O=C(N[C@@H]1C2CCN(CC2)C1C1CC1)c1cc2cccc(-c3nccs3)c2s1. The quantitative estimate of drug-likeness (QED) is 0.683. The number of hydrogen-bond acceptors (Lipinski definition) is 5. The van der Waals surface area contributed by atoms with E-state index in [9.17, 15) is 4.79 Å². The predicted molar refractivity (Wildman–Crippen MR) is 115 cm³/mol. The molecule has 28 heavy (non-hydrogen) atoms. The summed E-state index contributed by atoms with van der Waals surface area (Å²) in [4.78, 5) is 21.1. The lowest BCUT2D eigenvalue weighted by atomic mass is 9.77. The van der Waals surface area contributed by atoms with Crippen LogP contribution in [0.5, 0.6) is 0 Å². The number of nitrogens with one attached hydrogen (secondary N) is 1. The molecule has 3 aliphatic heterocycles. The number of fused-ring (bicyclic) bond motifs is 4. The van der Waals surface area contributed by atoms with Gasteiger partial charge in [0.2, 0.25) is 0 Å². The molecule has 3 aromatic rings. The summed E-state index contributed by atoms with van der Waals surface area (Å²) in [5, 5.41) is 7.62. The normalized spacial score (nSPS) is 29.3. The number of thiophene rings is 1. The van der Waals surface area contributed by atoms with Crippen molar-refractivity contribution in [3.8, 4) is 10.6 Å². The highest BCUT2D eigenvalue weighted by Crippen LogP contribution is 2.44. The molecule has 0 spiro atoms. The lowest BCUT2D eigenvalue weighted by Gasteiger charge is -2.51. The van der Waals surface area contributed by atoms with Gasteiger partial charge in [-0.25, -0.2) is 4.98 Å². The van der Waals surface area contributed by atoms with Crippen molar-refractivity contribution in [1.82, 2.24) is 15.2 Å². The van der Waals surface area contributed by atoms with E-state index >= 15 is 0 Å². The molecule has 144 valence electrons. The van der Waals surface area contributed by atoms with Crippen LogP contribution >= 0.6 is 22.7 Å². The minimum Gasteiger partial charge on any atom is -0.347 e. The standard InChI is InChI=1S/C22H23N3OS2/c26-21(24-18-13-6-9-25(10-7-13)19(18)14-4-5-14)17-12-15-2-1-3-16(20(15)28-17)22-23-8-11-27-22/h1-3,8,11-14,18-19H,4-7,9-10H2,(H,24,26)/t18-,19?/m1/s1. The predicted octanol–water partition coefficient (Wildman–Crippen LogP) is 4.63. The van der Waals surface area contributed by atoms with Crippen molar-refractivity contribution in [3.63, 3.8) is 0 Å². The first-order valence-electron chi connectivity index (χ1n) is 10.3. The van der Waals surface area contributed by atoms with Gasteiger partial charge in [0, 0.05) is 33.9 Å². The first-order valence-corrected chi connectivity index (χ1v) is 11.9. The average molecular weight is 410 g/mol. The smallest absolute Gasteiger partial charge is 0.261 e. The number of rotatable bonds is 4. The topological polar surface area (TPSA) is 45.2 Å². The molecule has 4 nitrogen and oxygen atoms in total. The van der Waals surface area contributed by atoms with Gasteiger partial charge in [-0.2, -0.15) is 0 Å². The van der Waals surface area contributed by atoms with Crippen molar-refractivity contribution in [2.45, 2.75) is 37.8 Å². The van der Waals surface area contributed by atoms with Gasteiger partial charge in [0.25, 0.3) is 5.91 Å². The molecule has 0 radical (unpaired) electrons. The van der Waals surface area contributed by atoms with Crippen LogP contribution in [0.25, 0.3) is 20.7 Å². The van der Waals surface area contributed by atoms with E-state index in [1.165, 1.54) is 38.8 Å². The molecule has 2 bridgehead atoms. The minimum atomic E-state index is 0.107. The molecule has 7 rings (SSSR count). The van der Waals surface area contributed by atoms with Gasteiger partial charge in [0.1, 0.15) is 5.01 Å². The molecule has 3 saturated heterocycles. The Morgan fingerprint density at radius 3 is 2.75 bits per heavy atom. The van der Waals surface area contributed by atoms with Gasteiger partial charge in [-0.05, 0) is 62.1 Å². The summed E-state index contributed by atoms with van der Waals surface area (Å²) in [5.41, 5.74) is 1.13. The number of piperidine rings is 3. The zero-order valence-corrected chi connectivity index (χ0v) is 17.3. The Morgan fingerprint density at radius 1 is 1.14 bits per heavy atom. The van der Waals surface area contributed by atoms with E-state index in [-0.39, 0.29) is 5.91 Å². The Kier molecular flexibility index (Phi) is 4.07. The number of nitrogens with zero attached hydrogens (tertiary/aromatic N) is 2. The molecule has 6 heteroatoms. The largest absolute Gasteiger partial charge is 0.347 e. The second kappa shape index (κ2) is 6.65. The van der Waals surface area contributed by atoms with Crippen molar-refractivity contribution < 1.29 is 4.79 Å². The molecule has 1 aromatic carbocycles. The fraction of sp³-hybridized carbons (Fsp3) is 0.455. The molecule has 2 aromatic heterocycles. The van der Waals surface area contributed by atoms with Crippen LogP contribution in [-0.4, -0.2) is 41.0 Å². The van der Waals surface area contributed by atoms with Crippen LogP contribution in [0.2, 0.25) is 0 Å². The Bertz CT molecular complexity index is 1020. The second-order valence-electron chi connectivity index (χ2n) is 8.37. The summed E-state index contributed by atoms with van der Waals surface area (Å²) in [6.45, 7) is 2.44. The molecule has 1 N–H and O–H groups in total. The van der Waals surface area contributed by atoms with Gasteiger partial charge in [0.15, 0.2) is 0 Å². The number of hydrogen-bond donors (Lipinski definition) is 1. The van der Waals surface area contributed by atoms with Gasteiger partial charge < -0.3 is 5.32 Å². The molecule has 1 unspecified atom stereocenters. The first kappa shape index (κ1) is 17.1. The number of benzene rings is 1. The van der Waals surface area contributed by atoms with Gasteiger partial charge in [-0.3, -0.25) is 9.69 Å². The summed E-state index contributed by atoms with van der Waals surface area (Å²) in [6, 6.07) is 9.21. The van der Waals surface area contributed by atoms with Crippen LogP contribution in [-0.2, 0) is 0 Å². The third-order valence-electron chi connectivity index (χ3n) is 6.71. The summed E-state index contributed by atoms with van der Waals surface area (Å²) in [5.74, 6) is 1.56. The van der Waals surface area contributed by atoms with Crippen LogP contribution in [0.15, 0.2) is 35.8 Å². The molecule has 1 aliphatic carbocycles. The molecule has 4 aliphatic rings. The Labute approximate surface area is 172 Å². The van der Waals surface area contributed by atoms with E-state index < -0.39 is 0 Å². The highest BCUT2D eigenvalue weighted by molar-refractivity contribution is 7.22. The van der Waals surface area contributed by atoms with Crippen LogP contribution in [0.4, 0.5) is 0 Å². The fourth-order valence-electron chi connectivity index (χ4n) is 5.24. The highest BCUT2D eigenvalue weighted by atomic mass is 32.1. The maximum Gasteiger partial charge on any atom is 0.261 e. The van der Waals surface area contributed by atoms with Gasteiger partial charge in [-0.15, -0.1) is 22.7 Å². The highest BCUT2D eigenvalue weighted by Gasteiger charge is 2.49. The molecular formula is C22H23N3OS2. The summed E-state index contributed by atoms with van der Waals surface area (Å²) in [7, 11) is 0. The Morgan fingerprint density at radius 2 is 2.00 bits per heavy atom. The summed E-state index contributed by atoms with van der Waals surface area (Å²) in [6.07, 6.45) is 6.97. The third kappa shape index (κ3) is 2.81. The molecule has 1 saturated carbocycles. The summed E-state index contributed by atoms with van der Waals surface area (Å²) < 4.78 is 1.16. The maximum atomic E-state index is 13.2.